The number of para-hydroxylation sites is 2. The maximum Gasteiger partial charge on any atom is 0.167 e. The molecular weight excluding hydrogens is 466 g/mol. The number of aryl methyl sites for hydroxylation is 2. The number of imidazole rings is 1. The van der Waals surface area contributed by atoms with Gasteiger partial charge < -0.3 is 19.8 Å². The van der Waals surface area contributed by atoms with E-state index in [1.54, 1.807) is 7.11 Å². The van der Waals surface area contributed by atoms with Gasteiger partial charge >= 0.3 is 0 Å². The molecule has 2 N–H and O–H groups in total. The van der Waals surface area contributed by atoms with Crippen molar-refractivity contribution in [3.8, 4) is 11.5 Å². The molecule has 166 valence electrons. The second kappa shape index (κ2) is 10.7. The third-order valence-corrected chi connectivity index (χ3v) is 6.27. The normalized spacial score (nSPS) is 11.1. The zero-order chi connectivity index (χ0) is 22.3. The lowest BCUT2D eigenvalue weighted by Crippen LogP contribution is -2.17. The molecule has 0 aliphatic carbocycles. The molecule has 1 aromatic heterocycles. The van der Waals surface area contributed by atoms with Crippen LogP contribution in [0.25, 0.3) is 11.0 Å². The van der Waals surface area contributed by atoms with Crippen molar-refractivity contribution in [3.63, 3.8) is 0 Å². The molecule has 0 radical (unpaired) electrons. The zero-order valence-corrected chi connectivity index (χ0v) is 20.0. The number of hydrogen-bond donors (Lipinski definition) is 2. The van der Waals surface area contributed by atoms with E-state index in [2.05, 4.69) is 56.3 Å². The summed E-state index contributed by atoms with van der Waals surface area (Å²) in [7, 11) is 1.68. The maximum atomic E-state index is 6.26. The Balaban J connectivity index is 1.37. The van der Waals surface area contributed by atoms with Crippen LogP contribution in [0.5, 0.6) is 11.5 Å². The van der Waals surface area contributed by atoms with Gasteiger partial charge in [0.15, 0.2) is 11.5 Å². The molecule has 6 heteroatoms. The highest BCUT2D eigenvalue weighted by atomic mass is 79.9. The molecule has 32 heavy (non-hydrogen) atoms. The van der Waals surface area contributed by atoms with Gasteiger partial charge in [-0.15, -0.1) is 0 Å². The van der Waals surface area contributed by atoms with E-state index in [0.29, 0.717) is 13.2 Å². The second-order valence-electron chi connectivity index (χ2n) is 7.75. The van der Waals surface area contributed by atoms with Crippen LogP contribution >= 0.6 is 15.9 Å². The summed E-state index contributed by atoms with van der Waals surface area (Å²) in [6.07, 6.45) is 1.89. The Morgan fingerprint density at radius 3 is 2.66 bits per heavy atom. The molecule has 0 aliphatic rings. The maximum absolute atomic E-state index is 6.26. The topological polar surface area (TPSA) is 59.2 Å². The summed E-state index contributed by atoms with van der Waals surface area (Å²) in [5.41, 5.74) is 5.55. The fourth-order valence-corrected chi connectivity index (χ4v) is 4.16. The molecule has 0 amide bonds. The summed E-state index contributed by atoms with van der Waals surface area (Å²) in [4.78, 5) is 8.04. The van der Waals surface area contributed by atoms with Crippen LogP contribution in [0.2, 0.25) is 0 Å². The first-order chi connectivity index (χ1) is 15.7. The number of aromatic nitrogens is 2. The van der Waals surface area contributed by atoms with Gasteiger partial charge in [-0.25, -0.2) is 4.98 Å². The third kappa shape index (κ3) is 5.31. The van der Waals surface area contributed by atoms with Crippen LogP contribution < -0.4 is 14.8 Å². The number of rotatable bonds is 10. The fourth-order valence-electron chi connectivity index (χ4n) is 3.71. The van der Waals surface area contributed by atoms with E-state index in [-0.39, 0.29) is 0 Å². The summed E-state index contributed by atoms with van der Waals surface area (Å²) < 4.78 is 12.8. The molecule has 0 aliphatic heterocycles. The lowest BCUT2D eigenvalue weighted by Gasteiger charge is -2.18. The predicted molar refractivity (Wildman–Crippen MR) is 132 cm³/mol. The minimum atomic E-state index is 0.499. The van der Waals surface area contributed by atoms with Gasteiger partial charge in [0.25, 0.3) is 0 Å². The molecule has 0 spiro atoms. The highest BCUT2D eigenvalue weighted by molar-refractivity contribution is 9.10. The number of halogens is 1. The van der Waals surface area contributed by atoms with Crippen molar-refractivity contribution >= 4 is 27.0 Å². The molecule has 5 nitrogen and oxygen atoms in total. The molecule has 1 heterocycles. The number of nitrogens with zero attached hydrogens (tertiary/aromatic N) is 1. The van der Waals surface area contributed by atoms with E-state index in [1.165, 1.54) is 11.1 Å². The van der Waals surface area contributed by atoms with Crippen molar-refractivity contribution in [2.24, 2.45) is 0 Å². The highest BCUT2D eigenvalue weighted by Gasteiger charge is 2.15. The zero-order valence-electron chi connectivity index (χ0n) is 18.5. The molecule has 0 bridgehead atoms. The van der Waals surface area contributed by atoms with E-state index in [0.717, 1.165) is 57.8 Å². The van der Waals surface area contributed by atoms with Crippen LogP contribution in [-0.4, -0.2) is 23.6 Å². The first-order valence-corrected chi connectivity index (χ1v) is 11.6. The van der Waals surface area contributed by atoms with E-state index >= 15 is 0 Å². The number of ether oxygens (including phenoxy) is 2. The van der Waals surface area contributed by atoms with Crippen molar-refractivity contribution in [1.82, 2.24) is 15.3 Å². The first-order valence-electron chi connectivity index (χ1n) is 10.8. The van der Waals surface area contributed by atoms with Gasteiger partial charge in [0, 0.05) is 23.0 Å². The first kappa shape index (κ1) is 22.4. The van der Waals surface area contributed by atoms with E-state index < -0.39 is 0 Å². The number of methoxy groups -OCH3 is 1. The Labute approximate surface area is 197 Å². The average molecular weight is 494 g/mol. The largest absolute Gasteiger partial charge is 0.493 e. The smallest absolute Gasteiger partial charge is 0.167 e. The lowest BCUT2D eigenvalue weighted by molar-refractivity contribution is 0.279. The van der Waals surface area contributed by atoms with Gasteiger partial charge in [-0.1, -0.05) is 52.3 Å². The van der Waals surface area contributed by atoms with Crippen LogP contribution in [0.3, 0.4) is 0 Å². The van der Waals surface area contributed by atoms with Crippen LogP contribution in [-0.2, 0) is 19.6 Å². The van der Waals surface area contributed by atoms with Gasteiger partial charge in [-0.3, -0.25) is 0 Å². The van der Waals surface area contributed by atoms with Crippen molar-refractivity contribution in [2.75, 3.05) is 13.7 Å². The Bertz CT molecular complexity index is 1160. The number of aromatic amines is 1. The van der Waals surface area contributed by atoms with Gasteiger partial charge in [0.2, 0.25) is 0 Å². The average Bonchev–Trinajstić information content (AvgIpc) is 3.22. The summed E-state index contributed by atoms with van der Waals surface area (Å²) in [6.45, 7) is 4.15. The SMILES string of the molecule is COc1ccc(Br)c(CNCCCc2nc3ccccc3[nH]2)c1OCc1ccccc1C. The lowest BCUT2D eigenvalue weighted by atomic mass is 10.1. The van der Waals surface area contributed by atoms with Gasteiger partial charge in [0.1, 0.15) is 12.4 Å². The van der Waals surface area contributed by atoms with Crippen LogP contribution in [0.1, 0.15) is 28.9 Å². The van der Waals surface area contributed by atoms with Gasteiger partial charge in [-0.05, 0) is 55.3 Å². The minimum absolute atomic E-state index is 0.499. The van der Waals surface area contributed by atoms with E-state index in [1.807, 2.05) is 42.5 Å². The Morgan fingerprint density at radius 1 is 1.03 bits per heavy atom. The van der Waals surface area contributed by atoms with Gasteiger partial charge in [0.05, 0.1) is 18.1 Å². The van der Waals surface area contributed by atoms with Crippen LogP contribution in [0.15, 0.2) is 65.1 Å². The molecule has 0 unspecified atom stereocenters. The highest BCUT2D eigenvalue weighted by Crippen LogP contribution is 2.37. The number of fused-ring (bicyclic) bond motifs is 1. The van der Waals surface area contributed by atoms with Crippen molar-refractivity contribution < 1.29 is 9.47 Å². The molecule has 0 fully saturated rings. The summed E-state index contributed by atoms with van der Waals surface area (Å²) >= 11 is 3.69. The second-order valence-corrected chi connectivity index (χ2v) is 8.61. The molecule has 0 saturated heterocycles. The number of benzene rings is 3. The quantitative estimate of drug-likeness (QED) is 0.268. The Morgan fingerprint density at radius 2 is 1.84 bits per heavy atom. The number of H-pyrrole nitrogens is 1. The van der Waals surface area contributed by atoms with Crippen molar-refractivity contribution in [1.29, 1.82) is 0 Å². The fraction of sp³-hybridized carbons (Fsp3) is 0.269. The molecule has 0 atom stereocenters. The Hall–Kier alpha value is -2.83. The minimum Gasteiger partial charge on any atom is -0.493 e. The number of hydrogen-bond acceptors (Lipinski definition) is 4. The van der Waals surface area contributed by atoms with Crippen molar-refractivity contribution in [3.05, 3.63) is 87.7 Å². The van der Waals surface area contributed by atoms with Gasteiger partial charge in [-0.2, -0.15) is 0 Å². The van der Waals surface area contributed by atoms with Crippen molar-refractivity contribution in [2.45, 2.75) is 32.9 Å². The monoisotopic (exact) mass is 493 g/mol. The Kier molecular flexibility index (Phi) is 7.45. The van der Waals surface area contributed by atoms with E-state index in [4.69, 9.17) is 9.47 Å². The summed E-state index contributed by atoms with van der Waals surface area (Å²) in [5.74, 6) is 2.54. The molecule has 3 aromatic carbocycles. The van der Waals surface area contributed by atoms with E-state index in [9.17, 15) is 0 Å². The summed E-state index contributed by atoms with van der Waals surface area (Å²) in [5, 5.41) is 3.54. The summed E-state index contributed by atoms with van der Waals surface area (Å²) in [6, 6.07) is 20.3. The molecular formula is C26H28BrN3O2. The van der Waals surface area contributed by atoms with Crippen LogP contribution in [0.4, 0.5) is 0 Å². The molecule has 4 aromatic rings. The predicted octanol–water partition coefficient (Wildman–Crippen LogP) is 5.94. The molecule has 4 rings (SSSR count). The number of nitrogens with one attached hydrogen (secondary N) is 2. The third-order valence-electron chi connectivity index (χ3n) is 5.53. The molecule has 0 saturated carbocycles. The van der Waals surface area contributed by atoms with Crippen LogP contribution in [0, 0.1) is 6.92 Å². The standard InChI is InChI=1S/C26H28BrN3O2/c1-18-8-3-4-9-19(18)17-32-26-20(21(27)13-14-24(26)31-2)16-28-15-7-12-25-29-22-10-5-6-11-23(22)30-25/h3-6,8-11,13-14,28H,7,12,15-17H2,1-2H3,(H,29,30).